The van der Waals surface area contributed by atoms with Gasteiger partial charge in [0.2, 0.25) is 0 Å². The minimum atomic E-state index is -0.400. The van der Waals surface area contributed by atoms with E-state index in [4.69, 9.17) is 15.2 Å². The second-order valence-electron chi connectivity index (χ2n) is 6.10. The molecule has 1 heterocycles. The molecule has 0 aliphatic rings. The van der Waals surface area contributed by atoms with Gasteiger partial charge in [-0.15, -0.1) is 0 Å². The highest BCUT2D eigenvalue weighted by Crippen LogP contribution is 2.21. The molecule has 2 amide bonds. The Hall–Kier alpha value is -4.54. The van der Waals surface area contributed by atoms with Gasteiger partial charge in [-0.1, -0.05) is 0 Å². The molecule has 160 valence electrons. The summed E-state index contributed by atoms with van der Waals surface area (Å²) in [7, 11) is 3.08. The number of methoxy groups -OCH3 is 2. The summed E-state index contributed by atoms with van der Waals surface area (Å²) in [5.41, 5.74) is 17.2. The highest BCUT2D eigenvalue weighted by Gasteiger charge is 2.12. The normalized spacial score (nSPS) is 10.0. The molecule has 31 heavy (non-hydrogen) atoms. The molecule has 6 N–H and O–H groups in total. The molecule has 11 nitrogen and oxygen atoms in total. The predicted octanol–water partition coefficient (Wildman–Crippen LogP) is 1.59. The van der Waals surface area contributed by atoms with Gasteiger partial charge >= 0.3 is 0 Å². The van der Waals surface area contributed by atoms with Crippen LogP contribution in [-0.4, -0.2) is 36.0 Å². The second-order valence-corrected chi connectivity index (χ2v) is 6.10. The maximum absolute atomic E-state index is 12.3. The van der Waals surface area contributed by atoms with Gasteiger partial charge in [-0.25, -0.2) is 9.97 Å². The minimum absolute atomic E-state index is 0.0903. The van der Waals surface area contributed by atoms with Gasteiger partial charge in [0.1, 0.15) is 23.5 Å². The summed E-state index contributed by atoms with van der Waals surface area (Å²) in [6.45, 7) is 0. The molecule has 0 fully saturated rings. The van der Waals surface area contributed by atoms with Crippen molar-refractivity contribution in [3.8, 4) is 11.5 Å². The first-order chi connectivity index (χ1) is 15.0. The van der Waals surface area contributed by atoms with E-state index in [0.717, 1.165) is 0 Å². The van der Waals surface area contributed by atoms with Crippen molar-refractivity contribution in [2.24, 2.45) is 0 Å². The second kappa shape index (κ2) is 9.78. The molecule has 0 aliphatic heterocycles. The standard InChI is InChI=1S/C20H21N7O4/c1-30-14-7-3-12(4-8-14)19(28)26-24-17-16(21)18(23-11-22-17)25-27-20(29)13-5-9-15(31-2)10-6-13/h3-11H,21H2,1-2H3,(H,26,28)(H,27,29)(H2,22,23,24,25). The van der Waals surface area contributed by atoms with Crippen LogP contribution in [0.3, 0.4) is 0 Å². The smallest absolute Gasteiger partial charge is 0.269 e. The summed E-state index contributed by atoms with van der Waals surface area (Å²) in [6, 6.07) is 13.1. The van der Waals surface area contributed by atoms with Gasteiger partial charge in [-0.05, 0) is 48.5 Å². The fourth-order valence-corrected chi connectivity index (χ4v) is 2.46. The molecule has 3 aromatic rings. The molecule has 0 bridgehead atoms. The third kappa shape index (κ3) is 5.29. The molecule has 3 rings (SSSR count). The van der Waals surface area contributed by atoms with Crippen molar-refractivity contribution in [3.63, 3.8) is 0 Å². The lowest BCUT2D eigenvalue weighted by Gasteiger charge is -2.14. The van der Waals surface area contributed by atoms with Gasteiger partial charge in [0, 0.05) is 11.1 Å². The zero-order valence-corrected chi connectivity index (χ0v) is 16.8. The molecule has 0 atom stereocenters. The molecule has 11 heteroatoms. The number of nitrogens with one attached hydrogen (secondary N) is 4. The van der Waals surface area contributed by atoms with Crippen LogP contribution in [0.25, 0.3) is 0 Å². The fourth-order valence-electron chi connectivity index (χ4n) is 2.46. The van der Waals surface area contributed by atoms with Crippen LogP contribution in [0.5, 0.6) is 11.5 Å². The maximum Gasteiger partial charge on any atom is 0.269 e. The number of ether oxygens (including phenoxy) is 2. The lowest BCUT2D eigenvalue weighted by molar-refractivity contribution is 0.0954. The van der Waals surface area contributed by atoms with Crippen LogP contribution in [0.15, 0.2) is 54.9 Å². The quantitative estimate of drug-likeness (QED) is 0.340. The molecule has 0 unspecified atom stereocenters. The van der Waals surface area contributed by atoms with Gasteiger partial charge in [-0.2, -0.15) is 0 Å². The number of rotatable bonds is 8. The fraction of sp³-hybridized carbons (Fsp3) is 0.100. The van der Waals surface area contributed by atoms with E-state index in [9.17, 15) is 9.59 Å². The van der Waals surface area contributed by atoms with Crippen LogP contribution in [0.4, 0.5) is 17.3 Å². The van der Waals surface area contributed by atoms with Gasteiger partial charge < -0.3 is 15.2 Å². The number of carbonyl (C=O) groups excluding carboxylic acids is 2. The van der Waals surface area contributed by atoms with Gasteiger partial charge in [0.15, 0.2) is 11.6 Å². The first kappa shape index (κ1) is 21.2. The topological polar surface area (TPSA) is 153 Å². The van der Waals surface area contributed by atoms with E-state index in [1.807, 2.05) is 0 Å². The Morgan fingerprint density at radius 3 is 1.48 bits per heavy atom. The number of nitrogens with zero attached hydrogens (tertiary/aromatic N) is 2. The third-order valence-corrected chi connectivity index (χ3v) is 4.18. The maximum atomic E-state index is 12.3. The molecule has 0 saturated heterocycles. The average Bonchev–Trinajstić information content (AvgIpc) is 2.82. The van der Waals surface area contributed by atoms with Crippen molar-refractivity contribution in [2.45, 2.75) is 0 Å². The first-order valence-corrected chi connectivity index (χ1v) is 9.03. The van der Waals surface area contributed by atoms with Crippen molar-refractivity contribution < 1.29 is 19.1 Å². The first-order valence-electron chi connectivity index (χ1n) is 9.03. The molecule has 0 saturated carbocycles. The largest absolute Gasteiger partial charge is 0.497 e. The molecule has 0 spiro atoms. The van der Waals surface area contributed by atoms with Crippen LogP contribution in [-0.2, 0) is 0 Å². The highest BCUT2D eigenvalue weighted by molar-refractivity contribution is 5.96. The summed E-state index contributed by atoms with van der Waals surface area (Å²) in [4.78, 5) is 32.5. The Kier molecular flexibility index (Phi) is 6.68. The van der Waals surface area contributed by atoms with Crippen LogP contribution in [0.2, 0.25) is 0 Å². The van der Waals surface area contributed by atoms with Crippen molar-refractivity contribution in [1.29, 1.82) is 0 Å². The summed E-state index contributed by atoms with van der Waals surface area (Å²) in [5.74, 6) is 0.774. The summed E-state index contributed by atoms with van der Waals surface area (Å²) >= 11 is 0. The summed E-state index contributed by atoms with van der Waals surface area (Å²) in [6.07, 6.45) is 1.22. The lowest BCUT2D eigenvalue weighted by atomic mass is 10.2. The third-order valence-electron chi connectivity index (χ3n) is 4.18. The van der Waals surface area contributed by atoms with Crippen molar-refractivity contribution in [1.82, 2.24) is 20.8 Å². The molecular formula is C20H21N7O4. The monoisotopic (exact) mass is 423 g/mol. The number of aromatic nitrogens is 2. The van der Waals surface area contributed by atoms with Crippen LogP contribution < -0.4 is 36.9 Å². The van der Waals surface area contributed by atoms with Gasteiger partial charge in [-0.3, -0.25) is 31.3 Å². The van der Waals surface area contributed by atoms with E-state index in [0.29, 0.717) is 22.6 Å². The number of nitrogens with two attached hydrogens (primary N) is 1. The highest BCUT2D eigenvalue weighted by atomic mass is 16.5. The molecule has 0 radical (unpaired) electrons. The van der Waals surface area contributed by atoms with E-state index in [-0.39, 0.29) is 17.3 Å². The van der Waals surface area contributed by atoms with Crippen LogP contribution in [0, 0.1) is 0 Å². The molecule has 0 aliphatic carbocycles. The number of anilines is 3. The number of nitrogen functional groups attached to an aromatic ring is 1. The molecule has 1 aromatic heterocycles. The van der Waals surface area contributed by atoms with Crippen molar-refractivity contribution >= 4 is 29.1 Å². The Morgan fingerprint density at radius 2 is 1.13 bits per heavy atom. The SMILES string of the molecule is COc1ccc(C(=O)NNc2ncnc(NNC(=O)c3ccc(OC)cc3)c2N)cc1. The van der Waals surface area contributed by atoms with E-state index in [1.54, 1.807) is 62.8 Å². The predicted molar refractivity (Wildman–Crippen MR) is 115 cm³/mol. The van der Waals surface area contributed by atoms with Crippen LogP contribution >= 0.6 is 0 Å². The Bertz CT molecular complexity index is 974. The molecular weight excluding hydrogens is 402 g/mol. The Labute approximate surface area is 177 Å². The molecule has 2 aromatic carbocycles. The number of benzene rings is 2. The van der Waals surface area contributed by atoms with Gasteiger partial charge in [0.25, 0.3) is 11.8 Å². The lowest BCUT2D eigenvalue weighted by Crippen LogP contribution is -2.32. The van der Waals surface area contributed by atoms with Crippen LogP contribution in [0.1, 0.15) is 20.7 Å². The van der Waals surface area contributed by atoms with E-state index in [1.165, 1.54) is 6.33 Å². The Morgan fingerprint density at radius 1 is 0.742 bits per heavy atom. The number of carbonyl (C=O) groups is 2. The number of hydrogen-bond acceptors (Lipinski definition) is 9. The number of hydrazine groups is 2. The van der Waals surface area contributed by atoms with Crippen molar-refractivity contribution in [2.75, 3.05) is 30.8 Å². The zero-order chi connectivity index (χ0) is 22.2. The van der Waals surface area contributed by atoms with E-state index in [2.05, 4.69) is 31.7 Å². The minimum Gasteiger partial charge on any atom is -0.497 e. The van der Waals surface area contributed by atoms with Gasteiger partial charge in [0.05, 0.1) is 14.2 Å². The average molecular weight is 423 g/mol. The van der Waals surface area contributed by atoms with E-state index < -0.39 is 11.8 Å². The summed E-state index contributed by atoms with van der Waals surface area (Å²) < 4.78 is 10.1. The zero-order valence-electron chi connectivity index (χ0n) is 16.8. The number of amides is 2. The Balaban J connectivity index is 1.59. The number of hydrogen-bond donors (Lipinski definition) is 5. The van der Waals surface area contributed by atoms with E-state index >= 15 is 0 Å². The summed E-state index contributed by atoms with van der Waals surface area (Å²) in [5, 5.41) is 0. The van der Waals surface area contributed by atoms with Crippen molar-refractivity contribution in [3.05, 3.63) is 66.0 Å².